The number of nitrogens with one attached hydrogen (secondary N) is 1. The smallest absolute Gasteiger partial charge is 0.267 e. The first-order valence-electron chi connectivity index (χ1n) is 5.31. The second-order valence-electron chi connectivity index (χ2n) is 3.98. The van der Waals surface area contributed by atoms with Crippen LogP contribution in [0.15, 0.2) is 15.6 Å². The van der Waals surface area contributed by atoms with E-state index in [0.29, 0.717) is 16.2 Å². The summed E-state index contributed by atoms with van der Waals surface area (Å²) in [7, 11) is 0. The van der Waals surface area contributed by atoms with Crippen molar-refractivity contribution in [1.29, 1.82) is 0 Å². The van der Waals surface area contributed by atoms with Crippen molar-refractivity contribution in [1.82, 2.24) is 9.97 Å². The first-order chi connectivity index (χ1) is 7.72. The normalized spacial score (nSPS) is 17.8. The van der Waals surface area contributed by atoms with Crippen LogP contribution in [0.2, 0.25) is 0 Å². The lowest BCUT2D eigenvalue weighted by molar-refractivity contribution is 0.202. The van der Waals surface area contributed by atoms with E-state index in [1.165, 1.54) is 6.33 Å². The zero-order valence-corrected chi connectivity index (χ0v) is 10.4. The highest BCUT2D eigenvalue weighted by Gasteiger charge is 2.21. The lowest BCUT2D eigenvalue weighted by Crippen LogP contribution is -2.36. The van der Waals surface area contributed by atoms with E-state index in [1.54, 1.807) is 0 Å². The van der Waals surface area contributed by atoms with Crippen molar-refractivity contribution in [3.8, 4) is 0 Å². The van der Waals surface area contributed by atoms with E-state index in [0.717, 1.165) is 25.9 Å². The molecule has 0 spiro atoms. The molecule has 88 valence electrons. The maximum atomic E-state index is 11.4. The molecule has 0 unspecified atom stereocenters. The van der Waals surface area contributed by atoms with E-state index in [-0.39, 0.29) is 12.2 Å². The molecule has 2 N–H and O–H groups in total. The van der Waals surface area contributed by atoms with Gasteiger partial charge in [-0.05, 0) is 34.7 Å². The highest BCUT2D eigenvalue weighted by molar-refractivity contribution is 9.10. The molecule has 1 aliphatic rings. The molecular weight excluding hydrogens is 274 g/mol. The zero-order valence-electron chi connectivity index (χ0n) is 8.82. The van der Waals surface area contributed by atoms with Crippen LogP contribution in [0.5, 0.6) is 0 Å². The average molecular weight is 288 g/mol. The Kier molecular flexibility index (Phi) is 3.60. The van der Waals surface area contributed by atoms with Gasteiger partial charge >= 0.3 is 0 Å². The Labute approximate surface area is 102 Å². The summed E-state index contributed by atoms with van der Waals surface area (Å²) in [5.41, 5.74) is -0.158. The molecule has 6 heteroatoms. The first-order valence-corrected chi connectivity index (χ1v) is 6.10. The lowest BCUT2D eigenvalue weighted by Gasteiger charge is -2.32. The largest absolute Gasteiger partial charge is 0.396 e. The second-order valence-corrected chi connectivity index (χ2v) is 4.78. The summed E-state index contributed by atoms with van der Waals surface area (Å²) in [6.45, 7) is 1.92. The summed E-state index contributed by atoms with van der Waals surface area (Å²) in [4.78, 5) is 20.2. The molecule has 5 nitrogen and oxygen atoms in total. The van der Waals surface area contributed by atoms with Crippen LogP contribution in [0.1, 0.15) is 12.8 Å². The average Bonchev–Trinajstić information content (AvgIpc) is 2.33. The first kappa shape index (κ1) is 11.6. The van der Waals surface area contributed by atoms with Crippen LogP contribution >= 0.6 is 15.9 Å². The van der Waals surface area contributed by atoms with Gasteiger partial charge in [0.05, 0.1) is 6.33 Å². The van der Waals surface area contributed by atoms with Crippen molar-refractivity contribution >= 4 is 21.7 Å². The Bertz CT molecular complexity index is 413. The van der Waals surface area contributed by atoms with Crippen molar-refractivity contribution in [2.45, 2.75) is 12.8 Å². The van der Waals surface area contributed by atoms with E-state index in [4.69, 9.17) is 5.11 Å². The predicted molar refractivity (Wildman–Crippen MR) is 64.6 cm³/mol. The van der Waals surface area contributed by atoms with Gasteiger partial charge in [0.2, 0.25) is 0 Å². The second kappa shape index (κ2) is 4.97. The third-order valence-electron chi connectivity index (χ3n) is 2.95. The molecule has 1 aliphatic heterocycles. The molecule has 1 aromatic heterocycles. The molecule has 0 aliphatic carbocycles. The van der Waals surface area contributed by atoms with Crippen molar-refractivity contribution in [2.24, 2.45) is 5.92 Å². The van der Waals surface area contributed by atoms with E-state index >= 15 is 0 Å². The van der Waals surface area contributed by atoms with Gasteiger partial charge in [-0.2, -0.15) is 0 Å². The van der Waals surface area contributed by atoms with Crippen LogP contribution in [0, 0.1) is 5.92 Å². The van der Waals surface area contributed by atoms with Crippen LogP contribution in [-0.4, -0.2) is 34.8 Å². The van der Waals surface area contributed by atoms with Crippen molar-refractivity contribution in [3.63, 3.8) is 0 Å². The minimum Gasteiger partial charge on any atom is -0.396 e. The van der Waals surface area contributed by atoms with Gasteiger partial charge in [0.15, 0.2) is 0 Å². The summed E-state index contributed by atoms with van der Waals surface area (Å²) in [6.07, 6.45) is 3.30. The minimum atomic E-state index is -0.158. The minimum absolute atomic E-state index is 0.158. The Morgan fingerprint density at radius 1 is 1.56 bits per heavy atom. The third kappa shape index (κ3) is 2.27. The molecule has 0 aromatic carbocycles. The molecule has 0 amide bonds. The van der Waals surface area contributed by atoms with Gasteiger partial charge in [-0.15, -0.1) is 0 Å². The van der Waals surface area contributed by atoms with E-state index in [9.17, 15) is 4.79 Å². The molecule has 0 bridgehead atoms. The number of halogens is 1. The SMILES string of the molecule is O=c1[nH]cnc(N2CCC(CO)CC2)c1Br. The molecule has 2 rings (SSSR count). The summed E-state index contributed by atoms with van der Waals surface area (Å²) >= 11 is 3.25. The van der Waals surface area contributed by atoms with Crippen LogP contribution in [0.4, 0.5) is 5.82 Å². The number of nitrogens with zero attached hydrogens (tertiary/aromatic N) is 2. The number of hydrogen-bond donors (Lipinski definition) is 2. The number of aromatic nitrogens is 2. The molecule has 2 heterocycles. The molecule has 16 heavy (non-hydrogen) atoms. The van der Waals surface area contributed by atoms with Gasteiger partial charge < -0.3 is 15.0 Å². The van der Waals surface area contributed by atoms with E-state index in [2.05, 4.69) is 30.8 Å². The Hall–Kier alpha value is -0.880. The van der Waals surface area contributed by atoms with Crippen LogP contribution < -0.4 is 10.5 Å². The molecule has 0 radical (unpaired) electrons. The van der Waals surface area contributed by atoms with E-state index in [1.807, 2.05) is 0 Å². The van der Waals surface area contributed by atoms with Crippen LogP contribution in [0.3, 0.4) is 0 Å². The standard InChI is InChI=1S/C10H14BrN3O2/c11-8-9(12-6-13-10(8)16)14-3-1-7(5-15)2-4-14/h6-7,15H,1-5H2,(H,12,13,16). The van der Waals surface area contributed by atoms with Gasteiger partial charge in [0.1, 0.15) is 10.3 Å². The van der Waals surface area contributed by atoms with Crippen LogP contribution in [0.25, 0.3) is 0 Å². The number of aromatic amines is 1. The summed E-state index contributed by atoms with van der Waals surface area (Å²) in [5.74, 6) is 1.08. The van der Waals surface area contributed by atoms with Gasteiger partial charge in [-0.25, -0.2) is 4.98 Å². The summed E-state index contributed by atoms with van der Waals surface area (Å²) in [5, 5.41) is 9.05. The fourth-order valence-electron chi connectivity index (χ4n) is 1.92. The van der Waals surface area contributed by atoms with Crippen molar-refractivity contribution in [2.75, 3.05) is 24.6 Å². The molecule has 0 saturated carbocycles. The maximum Gasteiger partial charge on any atom is 0.267 e. The number of aliphatic hydroxyl groups is 1. The fraction of sp³-hybridized carbons (Fsp3) is 0.600. The van der Waals surface area contributed by atoms with Gasteiger partial charge in [0, 0.05) is 19.7 Å². The van der Waals surface area contributed by atoms with Crippen molar-refractivity contribution in [3.05, 3.63) is 21.2 Å². The highest BCUT2D eigenvalue weighted by Crippen LogP contribution is 2.24. The Morgan fingerprint density at radius 3 is 2.88 bits per heavy atom. The highest BCUT2D eigenvalue weighted by atomic mass is 79.9. The molecule has 0 atom stereocenters. The molecule has 1 fully saturated rings. The summed E-state index contributed by atoms with van der Waals surface area (Å²) in [6, 6.07) is 0. The maximum absolute atomic E-state index is 11.4. The topological polar surface area (TPSA) is 69.2 Å². The predicted octanol–water partition coefficient (Wildman–Crippen LogP) is 0.741. The number of aliphatic hydroxyl groups excluding tert-OH is 1. The quantitative estimate of drug-likeness (QED) is 0.842. The Balaban J connectivity index is 2.14. The number of hydrogen-bond acceptors (Lipinski definition) is 4. The Morgan fingerprint density at radius 2 is 2.25 bits per heavy atom. The number of piperidine rings is 1. The van der Waals surface area contributed by atoms with Crippen molar-refractivity contribution < 1.29 is 5.11 Å². The lowest BCUT2D eigenvalue weighted by atomic mass is 9.98. The molecule has 1 aromatic rings. The number of H-pyrrole nitrogens is 1. The van der Waals surface area contributed by atoms with Crippen LogP contribution in [-0.2, 0) is 0 Å². The fourth-order valence-corrected chi connectivity index (χ4v) is 2.39. The van der Waals surface area contributed by atoms with E-state index < -0.39 is 0 Å². The zero-order chi connectivity index (χ0) is 11.5. The monoisotopic (exact) mass is 287 g/mol. The summed E-state index contributed by atoms with van der Waals surface area (Å²) < 4.78 is 0.484. The molecular formula is C10H14BrN3O2. The van der Waals surface area contributed by atoms with Gasteiger partial charge in [-0.1, -0.05) is 0 Å². The van der Waals surface area contributed by atoms with Gasteiger partial charge in [-0.3, -0.25) is 4.79 Å². The number of anilines is 1. The van der Waals surface area contributed by atoms with Gasteiger partial charge in [0.25, 0.3) is 5.56 Å². The number of rotatable bonds is 2. The molecule has 1 saturated heterocycles. The third-order valence-corrected chi connectivity index (χ3v) is 3.67.